The van der Waals surface area contributed by atoms with Crippen LogP contribution in [0.25, 0.3) is 5.82 Å². The van der Waals surface area contributed by atoms with E-state index in [2.05, 4.69) is 25.9 Å². The van der Waals surface area contributed by atoms with Crippen LogP contribution in [0.1, 0.15) is 31.2 Å². The van der Waals surface area contributed by atoms with Crippen LogP contribution in [-0.4, -0.2) is 39.6 Å². The van der Waals surface area contributed by atoms with Crippen molar-refractivity contribution in [1.82, 2.24) is 30.5 Å². The van der Waals surface area contributed by atoms with Crippen LogP contribution in [0.15, 0.2) is 30.7 Å². The molecule has 0 fully saturated rings. The smallest absolute Gasteiger partial charge is 0.315 e. The standard InChI is InChI=1S/C17H24N6O2/c1-3-7-19-16(24)6-8-20-17(25)22-12-14-4-5-15(21-11-14)23-10-9-18-13(23)2/h4-5,9-11H,3,6-8,12H2,1-2H3,(H,19,24)(H2,20,22,25). The molecule has 0 unspecified atom stereocenters. The van der Waals surface area contributed by atoms with Crippen LogP contribution in [0.2, 0.25) is 0 Å². The number of imidazole rings is 1. The fourth-order valence-corrected chi connectivity index (χ4v) is 2.17. The van der Waals surface area contributed by atoms with Crippen molar-refractivity contribution in [2.75, 3.05) is 13.1 Å². The van der Waals surface area contributed by atoms with E-state index in [-0.39, 0.29) is 18.4 Å². The lowest BCUT2D eigenvalue weighted by Gasteiger charge is -2.09. The van der Waals surface area contributed by atoms with Crippen molar-refractivity contribution in [3.63, 3.8) is 0 Å². The Labute approximate surface area is 147 Å². The highest BCUT2D eigenvalue weighted by Crippen LogP contribution is 2.08. The Bertz CT molecular complexity index is 695. The van der Waals surface area contributed by atoms with Gasteiger partial charge in [-0.15, -0.1) is 0 Å². The van der Waals surface area contributed by atoms with E-state index in [4.69, 9.17) is 0 Å². The third kappa shape index (κ3) is 5.91. The lowest BCUT2D eigenvalue weighted by molar-refractivity contribution is -0.120. The monoisotopic (exact) mass is 344 g/mol. The average molecular weight is 344 g/mol. The highest BCUT2D eigenvalue weighted by molar-refractivity contribution is 5.78. The van der Waals surface area contributed by atoms with Crippen molar-refractivity contribution < 1.29 is 9.59 Å². The normalized spacial score (nSPS) is 10.3. The average Bonchev–Trinajstić information content (AvgIpc) is 3.04. The number of hydrogen-bond acceptors (Lipinski definition) is 4. The van der Waals surface area contributed by atoms with E-state index in [9.17, 15) is 9.59 Å². The van der Waals surface area contributed by atoms with Crippen LogP contribution in [0.3, 0.4) is 0 Å². The summed E-state index contributed by atoms with van der Waals surface area (Å²) in [4.78, 5) is 31.7. The van der Waals surface area contributed by atoms with Gasteiger partial charge in [0.15, 0.2) is 0 Å². The molecular weight excluding hydrogens is 320 g/mol. The number of amides is 3. The minimum atomic E-state index is -0.308. The van der Waals surface area contributed by atoms with Gasteiger partial charge < -0.3 is 16.0 Å². The fourth-order valence-electron chi connectivity index (χ4n) is 2.17. The third-order valence-electron chi connectivity index (χ3n) is 3.54. The highest BCUT2D eigenvalue weighted by atomic mass is 16.2. The van der Waals surface area contributed by atoms with Gasteiger partial charge in [0.25, 0.3) is 0 Å². The molecular formula is C17H24N6O2. The summed E-state index contributed by atoms with van der Waals surface area (Å²) in [5.74, 6) is 1.58. The Morgan fingerprint density at radius 3 is 2.60 bits per heavy atom. The number of rotatable bonds is 8. The summed E-state index contributed by atoms with van der Waals surface area (Å²) < 4.78 is 1.88. The van der Waals surface area contributed by atoms with Crippen LogP contribution in [0.4, 0.5) is 4.79 Å². The van der Waals surface area contributed by atoms with Gasteiger partial charge in [-0.25, -0.2) is 14.8 Å². The minimum Gasteiger partial charge on any atom is -0.356 e. The third-order valence-corrected chi connectivity index (χ3v) is 3.54. The van der Waals surface area contributed by atoms with Gasteiger partial charge in [-0.05, 0) is 25.0 Å². The van der Waals surface area contributed by atoms with Gasteiger partial charge in [-0.3, -0.25) is 9.36 Å². The molecule has 3 N–H and O–H groups in total. The van der Waals surface area contributed by atoms with E-state index < -0.39 is 0 Å². The number of carbonyl (C=O) groups is 2. The molecule has 0 aliphatic rings. The molecule has 0 radical (unpaired) electrons. The summed E-state index contributed by atoms with van der Waals surface area (Å²) in [7, 11) is 0. The second kappa shape index (κ2) is 9.41. The maximum atomic E-state index is 11.7. The zero-order valence-corrected chi connectivity index (χ0v) is 14.6. The number of nitrogens with one attached hydrogen (secondary N) is 3. The molecule has 0 atom stereocenters. The summed E-state index contributed by atoms with van der Waals surface area (Å²) >= 11 is 0. The predicted octanol–water partition coefficient (Wildman–Crippen LogP) is 1.29. The van der Waals surface area contributed by atoms with Gasteiger partial charge >= 0.3 is 6.03 Å². The Morgan fingerprint density at radius 2 is 1.96 bits per heavy atom. The number of nitrogens with zero attached hydrogens (tertiary/aromatic N) is 3. The van der Waals surface area contributed by atoms with Crippen molar-refractivity contribution in [3.8, 4) is 5.82 Å². The Hall–Kier alpha value is -2.90. The predicted molar refractivity (Wildman–Crippen MR) is 94.3 cm³/mol. The van der Waals surface area contributed by atoms with E-state index >= 15 is 0 Å². The number of pyridine rings is 1. The quantitative estimate of drug-likeness (QED) is 0.672. The second-order valence-electron chi connectivity index (χ2n) is 5.58. The van der Waals surface area contributed by atoms with E-state index in [1.807, 2.05) is 36.7 Å². The minimum absolute atomic E-state index is 0.0586. The molecule has 0 aliphatic heterocycles. The molecule has 0 aromatic carbocycles. The molecule has 25 heavy (non-hydrogen) atoms. The van der Waals surface area contributed by atoms with Crippen LogP contribution < -0.4 is 16.0 Å². The summed E-state index contributed by atoms with van der Waals surface area (Å²) in [6, 6.07) is 3.47. The Kier molecular flexibility index (Phi) is 6.94. The summed E-state index contributed by atoms with van der Waals surface area (Å²) in [6.45, 7) is 5.23. The van der Waals surface area contributed by atoms with Crippen molar-refractivity contribution in [2.24, 2.45) is 0 Å². The topological polar surface area (TPSA) is 101 Å². The first-order chi connectivity index (χ1) is 12.1. The lowest BCUT2D eigenvalue weighted by Crippen LogP contribution is -2.37. The SMILES string of the molecule is CCCNC(=O)CCNC(=O)NCc1ccc(-n2ccnc2C)nc1. The number of aryl methyl sites for hydroxylation is 1. The van der Waals surface area contributed by atoms with Crippen molar-refractivity contribution in [1.29, 1.82) is 0 Å². The molecule has 2 heterocycles. The molecule has 0 saturated carbocycles. The molecule has 0 bridgehead atoms. The number of urea groups is 1. The van der Waals surface area contributed by atoms with Gasteiger partial charge in [0.05, 0.1) is 0 Å². The summed E-state index contributed by atoms with van der Waals surface area (Å²) in [5, 5.41) is 8.16. The lowest BCUT2D eigenvalue weighted by atomic mass is 10.3. The van der Waals surface area contributed by atoms with E-state index in [0.29, 0.717) is 19.6 Å². The molecule has 8 nitrogen and oxygen atoms in total. The fraction of sp³-hybridized carbons (Fsp3) is 0.412. The first-order valence-electron chi connectivity index (χ1n) is 8.33. The van der Waals surface area contributed by atoms with Crippen LogP contribution >= 0.6 is 0 Å². The molecule has 2 aromatic heterocycles. The molecule has 3 amide bonds. The summed E-state index contributed by atoms with van der Waals surface area (Å²) in [5.41, 5.74) is 0.886. The van der Waals surface area contributed by atoms with Crippen LogP contribution in [0.5, 0.6) is 0 Å². The largest absolute Gasteiger partial charge is 0.356 e. The van der Waals surface area contributed by atoms with Gasteiger partial charge in [0, 0.05) is 44.6 Å². The second-order valence-corrected chi connectivity index (χ2v) is 5.58. The van der Waals surface area contributed by atoms with Crippen LogP contribution in [0, 0.1) is 6.92 Å². The number of hydrogen-bond donors (Lipinski definition) is 3. The Morgan fingerprint density at radius 1 is 1.12 bits per heavy atom. The highest BCUT2D eigenvalue weighted by Gasteiger charge is 2.05. The Balaban J connectivity index is 1.71. The maximum Gasteiger partial charge on any atom is 0.315 e. The van der Waals surface area contributed by atoms with Crippen LogP contribution in [-0.2, 0) is 11.3 Å². The zero-order valence-electron chi connectivity index (χ0n) is 14.6. The van der Waals surface area contributed by atoms with E-state index in [1.165, 1.54) is 0 Å². The first kappa shape index (κ1) is 18.4. The van der Waals surface area contributed by atoms with Gasteiger partial charge in [0.1, 0.15) is 11.6 Å². The van der Waals surface area contributed by atoms with Gasteiger partial charge in [-0.1, -0.05) is 13.0 Å². The van der Waals surface area contributed by atoms with Crippen molar-refractivity contribution in [3.05, 3.63) is 42.1 Å². The van der Waals surface area contributed by atoms with Crippen molar-refractivity contribution in [2.45, 2.75) is 33.2 Å². The van der Waals surface area contributed by atoms with Gasteiger partial charge in [0.2, 0.25) is 5.91 Å². The maximum absolute atomic E-state index is 11.7. The molecule has 0 aliphatic carbocycles. The molecule has 8 heteroatoms. The van der Waals surface area contributed by atoms with Gasteiger partial charge in [-0.2, -0.15) is 0 Å². The molecule has 0 spiro atoms. The molecule has 2 rings (SSSR count). The van der Waals surface area contributed by atoms with E-state index in [1.54, 1.807) is 12.4 Å². The zero-order chi connectivity index (χ0) is 18.1. The number of aromatic nitrogens is 3. The van der Waals surface area contributed by atoms with Crippen molar-refractivity contribution >= 4 is 11.9 Å². The number of carbonyl (C=O) groups excluding carboxylic acids is 2. The van der Waals surface area contributed by atoms with E-state index in [0.717, 1.165) is 23.6 Å². The molecule has 0 saturated heterocycles. The molecule has 2 aromatic rings. The first-order valence-corrected chi connectivity index (χ1v) is 8.33. The summed E-state index contributed by atoms with van der Waals surface area (Å²) in [6.07, 6.45) is 6.45. The molecule has 134 valence electrons.